The maximum atomic E-state index is 6.15. The molecule has 1 heterocycles. The summed E-state index contributed by atoms with van der Waals surface area (Å²) in [5.74, 6) is 3.04. The summed E-state index contributed by atoms with van der Waals surface area (Å²) in [6.07, 6.45) is 0. The van der Waals surface area contributed by atoms with Crippen molar-refractivity contribution < 1.29 is 4.74 Å². The third kappa shape index (κ3) is 3.80. The maximum absolute atomic E-state index is 6.15. The van der Waals surface area contributed by atoms with Crippen LogP contribution in [0.4, 0.5) is 17.3 Å². The number of methoxy groups -OCH3 is 1. The second-order valence-electron chi connectivity index (χ2n) is 4.81. The molecule has 22 heavy (non-hydrogen) atoms. The first-order valence-electron chi connectivity index (χ1n) is 7.28. The van der Waals surface area contributed by atoms with Gasteiger partial charge in [-0.05, 0) is 39.0 Å². The number of anilines is 3. The Morgan fingerprint density at radius 2 is 1.91 bits per heavy atom. The Balaban J connectivity index is 2.27. The summed E-state index contributed by atoms with van der Waals surface area (Å²) >= 11 is 6.15. The van der Waals surface area contributed by atoms with E-state index in [0.717, 1.165) is 36.2 Å². The summed E-state index contributed by atoms with van der Waals surface area (Å²) in [4.78, 5) is 11.1. The van der Waals surface area contributed by atoms with Crippen LogP contribution in [0, 0.1) is 6.92 Å². The normalized spacial score (nSPS) is 10.4. The Hall–Kier alpha value is -2.01. The minimum atomic E-state index is 0.558. The zero-order chi connectivity index (χ0) is 16.1. The van der Waals surface area contributed by atoms with Crippen LogP contribution in [0.5, 0.6) is 5.75 Å². The number of halogens is 1. The van der Waals surface area contributed by atoms with Gasteiger partial charge in [0.2, 0.25) is 0 Å². The second-order valence-corrected chi connectivity index (χ2v) is 5.21. The molecule has 0 fully saturated rings. The fourth-order valence-electron chi connectivity index (χ4n) is 2.22. The van der Waals surface area contributed by atoms with Crippen molar-refractivity contribution in [3.05, 3.63) is 35.1 Å². The lowest BCUT2D eigenvalue weighted by atomic mass is 10.3. The van der Waals surface area contributed by atoms with Crippen molar-refractivity contribution in [2.24, 2.45) is 0 Å². The maximum Gasteiger partial charge on any atom is 0.137 e. The lowest BCUT2D eigenvalue weighted by molar-refractivity contribution is 0.415. The van der Waals surface area contributed by atoms with Gasteiger partial charge in [0.15, 0.2) is 0 Å². The van der Waals surface area contributed by atoms with Gasteiger partial charge >= 0.3 is 0 Å². The summed E-state index contributed by atoms with van der Waals surface area (Å²) in [7, 11) is 1.60. The van der Waals surface area contributed by atoms with Crippen LogP contribution in [-0.2, 0) is 0 Å². The summed E-state index contributed by atoms with van der Waals surface area (Å²) in [6.45, 7) is 7.91. The molecule has 5 nitrogen and oxygen atoms in total. The van der Waals surface area contributed by atoms with Gasteiger partial charge in [-0.2, -0.15) is 0 Å². The highest BCUT2D eigenvalue weighted by atomic mass is 35.5. The number of ether oxygens (including phenoxy) is 1. The van der Waals surface area contributed by atoms with Gasteiger partial charge in [-0.15, -0.1) is 0 Å². The van der Waals surface area contributed by atoms with Crippen molar-refractivity contribution in [1.82, 2.24) is 9.97 Å². The topological polar surface area (TPSA) is 50.3 Å². The van der Waals surface area contributed by atoms with Gasteiger partial charge in [0, 0.05) is 24.8 Å². The molecule has 0 unspecified atom stereocenters. The zero-order valence-corrected chi connectivity index (χ0v) is 14.1. The van der Waals surface area contributed by atoms with Crippen LogP contribution in [0.3, 0.4) is 0 Å². The lowest BCUT2D eigenvalue weighted by Gasteiger charge is -2.20. The number of benzene rings is 1. The number of nitrogens with one attached hydrogen (secondary N) is 1. The molecule has 0 saturated carbocycles. The highest BCUT2D eigenvalue weighted by molar-refractivity contribution is 6.32. The van der Waals surface area contributed by atoms with Crippen molar-refractivity contribution in [3.8, 4) is 5.75 Å². The molecular formula is C16H21ClN4O. The number of rotatable bonds is 6. The number of nitrogens with zero attached hydrogens (tertiary/aromatic N) is 3. The van der Waals surface area contributed by atoms with Crippen LogP contribution in [0.2, 0.25) is 5.02 Å². The van der Waals surface area contributed by atoms with E-state index in [1.807, 2.05) is 31.2 Å². The zero-order valence-electron chi connectivity index (χ0n) is 13.4. The van der Waals surface area contributed by atoms with E-state index in [1.54, 1.807) is 7.11 Å². The monoisotopic (exact) mass is 320 g/mol. The quantitative estimate of drug-likeness (QED) is 0.870. The Kier molecular flexibility index (Phi) is 5.44. The Labute approximate surface area is 136 Å². The molecule has 0 saturated heterocycles. The van der Waals surface area contributed by atoms with Crippen LogP contribution in [0.15, 0.2) is 24.3 Å². The van der Waals surface area contributed by atoms with Crippen LogP contribution >= 0.6 is 11.6 Å². The van der Waals surface area contributed by atoms with Gasteiger partial charge in [0.1, 0.15) is 23.2 Å². The fraction of sp³-hybridized carbons (Fsp3) is 0.375. The molecule has 2 rings (SSSR count). The first-order valence-corrected chi connectivity index (χ1v) is 7.66. The van der Waals surface area contributed by atoms with Gasteiger partial charge < -0.3 is 15.0 Å². The second kappa shape index (κ2) is 7.31. The molecular weight excluding hydrogens is 300 g/mol. The molecule has 0 aliphatic rings. The molecule has 1 aromatic carbocycles. The number of hydrogen-bond donors (Lipinski definition) is 1. The average Bonchev–Trinajstić information content (AvgIpc) is 2.48. The smallest absolute Gasteiger partial charge is 0.137 e. The van der Waals surface area contributed by atoms with E-state index in [1.165, 1.54) is 0 Å². The van der Waals surface area contributed by atoms with Gasteiger partial charge in [-0.25, -0.2) is 9.97 Å². The molecule has 0 aliphatic carbocycles. The Morgan fingerprint density at radius 1 is 1.18 bits per heavy atom. The van der Waals surface area contributed by atoms with E-state index >= 15 is 0 Å². The highest BCUT2D eigenvalue weighted by Crippen LogP contribution is 2.29. The highest BCUT2D eigenvalue weighted by Gasteiger charge is 2.08. The molecule has 6 heteroatoms. The van der Waals surface area contributed by atoms with Crippen molar-refractivity contribution in [2.75, 3.05) is 30.4 Å². The molecule has 0 spiro atoms. The molecule has 0 bridgehead atoms. The lowest BCUT2D eigenvalue weighted by Crippen LogP contribution is -2.23. The van der Waals surface area contributed by atoms with Crippen LogP contribution in [-0.4, -0.2) is 30.2 Å². The van der Waals surface area contributed by atoms with Crippen molar-refractivity contribution in [2.45, 2.75) is 20.8 Å². The number of hydrogen-bond acceptors (Lipinski definition) is 5. The fourth-order valence-corrected chi connectivity index (χ4v) is 2.48. The minimum Gasteiger partial charge on any atom is -0.495 e. The standard InChI is InChI=1S/C16H21ClN4O/c1-5-21(6-2)16-10-15(18-11(3)19-16)20-12-7-8-14(22-4)13(17)9-12/h7-10H,5-6H2,1-4H3,(H,18,19,20). The van der Waals surface area contributed by atoms with Crippen LogP contribution < -0.4 is 15.0 Å². The summed E-state index contributed by atoms with van der Waals surface area (Å²) in [5, 5.41) is 3.82. The van der Waals surface area contributed by atoms with Crippen LogP contribution in [0.1, 0.15) is 19.7 Å². The van der Waals surface area contributed by atoms with E-state index < -0.39 is 0 Å². The Bertz CT molecular complexity index is 644. The van der Waals surface area contributed by atoms with E-state index in [2.05, 4.69) is 34.0 Å². The molecule has 1 N–H and O–H groups in total. The van der Waals surface area contributed by atoms with Gasteiger partial charge in [-0.1, -0.05) is 11.6 Å². The summed E-state index contributed by atoms with van der Waals surface area (Å²) in [6, 6.07) is 7.48. The SMILES string of the molecule is CCN(CC)c1cc(Nc2ccc(OC)c(Cl)c2)nc(C)n1. The molecule has 1 aromatic heterocycles. The van der Waals surface area contributed by atoms with Crippen LogP contribution in [0.25, 0.3) is 0 Å². The first kappa shape index (κ1) is 16.4. The summed E-state index contributed by atoms with van der Waals surface area (Å²) in [5.41, 5.74) is 0.856. The first-order chi connectivity index (χ1) is 10.6. The average molecular weight is 321 g/mol. The van der Waals surface area contributed by atoms with E-state index in [9.17, 15) is 0 Å². The number of aryl methyl sites for hydroxylation is 1. The molecule has 0 atom stereocenters. The molecule has 0 radical (unpaired) electrons. The largest absolute Gasteiger partial charge is 0.495 e. The predicted octanol–water partition coefficient (Wildman–Crippen LogP) is 4.04. The van der Waals surface area contributed by atoms with Crippen molar-refractivity contribution >= 4 is 28.9 Å². The molecule has 118 valence electrons. The number of aromatic nitrogens is 2. The molecule has 0 aliphatic heterocycles. The minimum absolute atomic E-state index is 0.558. The van der Waals surface area contributed by atoms with E-state index in [0.29, 0.717) is 10.8 Å². The van der Waals surface area contributed by atoms with Gasteiger partial charge in [-0.3, -0.25) is 0 Å². The van der Waals surface area contributed by atoms with Gasteiger partial charge in [0.25, 0.3) is 0 Å². The van der Waals surface area contributed by atoms with Crippen molar-refractivity contribution in [1.29, 1.82) is 0 Å². The van der Waals surface area contributed by atoms with Crippen molar-refractivity contribution in [3.63, 3.8) is 0 Å². The summed E-state index contributed by atoms with van der Waals surface area (Å²) < 4.78 is 5.16. The molecule has 2 aromatic rings. The predicted molar refractivity (Wildman–Crippen MR) is 91.6 cm³/mol. The third-order valence-electron chi connectivity index (χ3n) is 3.34. The van der Waals surface area contributed by atoms with Gasteiger partial charge in [0.05, 0.1) is 12.1 Å². The van der Waals surface area contributed by atoms with E-state index in [4.69, 9.17) is 16.3 Å². The third-order valence-corrected chi connectivity index (χ3v) is 3.63. The Morgan fingerprint density at radius 3 is 2.50 bits per heavy atom. The molecule has 0 amide bonds. The van der Waals surface area contributed by atoms with E-state index in [-0.39, 0.29) is 0 Å².